The van der Waals surface area contributed by atoms with Crippen molar-refractivity contribution in [2.24, 2.45) is 6.98 Å². The second kappa shape index (κ2) is 10.8. The number of hydrogen-bond donors (Lipinski definition) is 0. The largest absolute Gasteiger partial charge is 0.510 e. The van der Waals surface area contributed by atoms with Crippen molar-refractivity contribution < 1.29 is 34.5 Å². The van der Waals surface area contributed by atoms with Crippen molar-refractivity contribution in [1.29, 1.82) is 0 Å². The van der Waals surface area contributed by atoms with Crippen LogP contribution in [0.15, 0.2) is 103 Å². The molecule has 49 heavy (non-hydrogen) atoms. The third-order valence-electron chi connectivity index (χ3n) is 9.81. The Labute approximate surface area is 303 Å². The van der Waals surface area contributed by atoms with Gasteiger partial charge in [-0.2, -0.15) is 18.2 Å². The van der Waals surface area contributed by atoms with E-state index in [1.165, 1.54) is 21.2 Å². The monoisotopic (exact) mass is 818 g/mol. The molecule has 0 saturated carbocycles. The first-order valence-electron chi connectivity index (χ1n) is 17.4. The molecule has 10 rings (SSSR count). The van der Waals surface area contributed by atoms with Gasteiger partial charge in [0.25, 0.3) is 0 Å². The molecule has 2 aliphatic heterocycles. The van der Waals surface area contributed by atoms with Crippen molar-refractivity contribution in [3.8, 4) is 23.0 Å². The second-order valence-corrected chi connectivity index (χ2v) is 12.5. The number of benzene rings is 5. The second-order valence-electron chi connectivity index (χ2n) is 12.5. The Morgan fingerprint density at radius 2 is 1.61 bits per heavy atom. The number of ether oxygens (including phenoxy) is 1. The van der Waals surface area contributed by atoms with E-state index < -0.39 is 6.98 Å². The molecular formula is C40H29BN6OPt-2. The molecule has 0 saturated heterocycles. The fourth-order valence-corrected chi connectivity index (χ4v) is 7.74. The third kappa shape index (κ3) is 4.13. The molecule has 0 atom stereocenters. The van der Waals surface area contributed by atoms with Crippen LogP contribution in [-0.4, -0.2) is 28.1 Å². The van der Waals surface area contributed by atoms with Crippen LogP contribution in [0.1, 0.15) is 15.2 Å². The smallest absolute Gasteiger partial charge is 0.416 e. The Morgan fingerprint density at radius 1 is 0.816 bits per heavy atom. The van der Waals surface area contributed by atoms with Crippen LogP contribution in [0.3, 0.4) is 0 Å². The molecule has 3 aromatic heterocycles. The molecule has 0 unspecified atom stereocenters. The maximum Gasteiger partial charge on any atom is 0.416 e. The van der Waals surface area contributed by atoms with Crippen molar-refractivity contribution in [1.82, 2.24) is 14.1 Å². The Bertz CT molecular complexity index is 2740. The van der Waals surface area contributed by atoms with Crippen molar-refractivity contribution in [3.63, 3.8) is 0 Å². The van der Waals surface area contributed by atoms with E-state index in [0.29, 0.717) is 28.2 Å². The van der Waals surface area contributed by atoms with Crippen LogP contribution in [0.25, 0.3) is 44.3 Å². The predicted molar refractivity (Wildman–Crippen MR) is 191 cm³/mol. The van der Waals surface area contributed by atoms with Crippen LogP contribution >= 0.6 is 0 Å². The number of rotatable bonds is 4. The summed E-state index contributed by atoms with van der Waals surface area (Å²) in [5.41, 5.74) is 11.0. The Balaban J connectivity index is 0.00000360. The summed E-state index contributed by atoms with van der Waals surface area (Å²) in [5, 5.41) is 2.17. The molecule has 0 spiro atoms. The molecule has 0 aliphatic carbocycles. The standard InChI is InChI=1S/C40H29BN6O.Pt/c1-25-10-7-11-26(2)37(25)41-44(4)34-20-19-31-30-18-17-29(23-36(30)46-38(31)39(34)47(41)35-16-9-21-42-40(35)46)48-28-13-8-12-27(22-28)45-24-43(3)32-14-5-6-15-33(32)45;/h5-21H,1-4H3;/q-2;/i3D3;. The van der Waals surface area contributed by atoms with Gasteiger partial charge < -0.3 is 28.1 Å². The number of para-hydroxylation sites is 2. The van der Waals surface area contributed by atoms with Gasteiger partial charge in [0, 0.05) is 38.8 Å². The quantitative estimate of drug-likeness (QED) is 0.109. The van der Waals surface area contributed by atoms with Gasteiger partial charge in [0.1, 0.15) is 0 Å². The van der Waals surface area contributed by atoms with Crippen molar-refractivity contribution in [3.05, 3.63) is 133 Å². The van der Waals surface area contributed by atoms with Crippen LogP contribution in [0.4, 0.5) is 17.1 Å². The van der Waals surface area contributed by atoms with Gasteiger partial charge in [-0.3, -0.25) is 0 Å². The molecule has 0 radical (unpaired) electrons. The minimum Gasteiger partial charge on any atom is -0.510 e. The van der Waals surface area contributed by atoms with E-state index in [1.54, 1.807) is 10.6 Å². The van der Waals surface area contributed by atoms with Gasteiger partial charge >= 0.3 is 6.98 Å². The third-order valence-corrected chi connectivity index (χ3v) is 9.81. The van der Waals surface area contributed by atoms with E-state index >= 15 is 0 Å². The number of pyridine rings is 1. The van der Waals surface area contributed by atoms with E-state index in [1.807, 2.05) is 54.7 Å². The summed E-state index contributed by atoms with van der Waals surface area (Å²) >= 11 is 0. The number of nitrogens with zero attached hydrogens (tertiary/aromatic N) is 6. The first-order chi connectivity index (χ1) is 24.7. The molecule has 5 aromatic carbocycles. The van der Waals surface area contributed by atoms with Gasteiger partial charge in [-0.1, -0.05) is 70.9 Å². The molecule has 8 aromatic rings. The summed E-state index contributed by atoms with van der Waals surface area (Å²) in [6.45, 7) is 1.97. The van der Waals surface area contributed by atoms with Gasteiger partial charge in [-0.05, 0) is 49.9 Å². The van der Waals surface area contributed by atoms with Crippen LogP contribution < -0.4 is 24.4 Å². The predicted octanol–water partition coefficient (Wildman–Crippen LogP) is 7.05. The first-order valence-corrected chi connectivity index (χ1v) is 15.9. The Kier molecular flexibility index (Phi) is 5.89. The zero-order valence-corrected chi connectivity index (χ0v) is 29.1. The first kappa shape index (κ1) is 26.6. The number of aromatic nitrogens is 4. The molecule has 2 aliphatic rings. The van der Waals surface area contributed by atoms with Crippen LogP contribution in [-0.2, 0) is 28.0 Å². The van der Waals surface area contributed by atoms with Crippen LogP contribution in [0.5, 0.6) is 11.5 Å². The average Bonchev–Trinajstić information content (AvgIpc) is 3.77. The molecule has 240 valence electrons. The average molecular weight is 819 g/mol. The van der Waals surface area contributed by atoms with E-state index in [-0.39, 0.29) is 28.0 Å². The van der Waals surface area contributed by atoms with Gasteiger partial charge in [0.2, 0.25) is 6.33 Å². The molecule has 7 nitrogen and oxygen atoms in total. The molecule has 0 fully saturated rings. The van der Waals surface area contributed by atoms with Gasteiger partial charge in [0.15, 0.2) is 5.82 Å². The number of imidazole rings is 1. The number of hydrogen-bond acceptors (Lipinski definition) is 4. The maximum atomic E-state index is 8.03. The van der Waals surface area contributed by atoms with E-state index in [2.05, 4.69) is 96.0 Å². The maximum absolute atomic E-state index is 8.03. The molecule has 9 heteroatoms. The Hall–Kier alpha value is -5.33. The number of fused-ring (bicyclic) bond motifs is 7. The summed E-state index contributed by atoms with van der Waals surface area (Å²) in [4.78, 5) is 9.80. The van der Waals surface area contributed by atoms with E-state index in [9.17, 15) is 0 Å². The van der Waals surface area contributed by atoms with Crippen LogP contribution in [0, 0.1) is 32.3 Å². The van der Waals surface area contributed by atoms with Crippen molar-refractivity contribution >= 4 is 62.3 Å². The van der Waals surface area contributed by atoms with Gasteiger partial charge in [-0.15, -0.1) is 29.7 Å². The van der Waals surface area contributed by atoms with E-state index in [0.717, 1.165) is 44.7 Å². The zero-order valence-electron chi connectivity index (χ0n) is 29.8. The SMILES string of the molecule is [2H]C([2H])([2H])[n+]1[c-]n(-c2[c-]c(Oc3[c-]c4c(cc3)c3ccc5c6c3n4-c3ncccc3N6B(c3c(C)cccc3C)N5C)ccc2)c2ccccc21.[Pt]. The zero-order chi connectivity index (χ0) is 34.8. The number of anilines is 3. The molecule has 0 amide bonds. The minimum atomic E-state index is -2.38. The number of aryl methyl sites for hydroxylation is 3. The summed E-state index contributed by atoms with van der Waals surface area (Å²) < 4.78 is 35.6. The van der Waals surface area contributed by atoms with Crippen LogP contribution in [0.2, 0.25) is 0 Å². The Morgan fingerprint density at radius 3 is 2.47 bits per heavy atom. The fourth-order valence-electron chi connectivity index (χ4n) is 7.74. The molecule has 5 heterocycles. The molecule has 0 bridgehead atoms. The summed E-state index contributed by atoms with van der Waals surface area (Å²) in [6.07, 6.45) is 4.85. The minimum absolute atomic E-state index is 0. The molecule has 0 N–H and O–H groups in total. The topological polar surface area (TPSA) is 42.3 Å². The fraction of sp³-hybridized carbons (Fsp3) is 0.100. The summed E-state index contributed by atoms with van der Waals surface area (Å²) in [6, 6.07) is 38.9. The van der Waals surface area contributed by atoms with Crippen molar-refractivity contribution in [2.45, 2.75) is 13.8 Å². The van der Waals surface area contributed by atoms with Crippen molar-refractivity contribution in [2.75, 3.05) is 16.7 Å². The normalized spacial score (nSPS) is 14.2. The summed E-state index contributed by atoms with van der Waals surface area (Å²) in [5.74, 6) is 1.83. The summed E-state index contributed by atoms with van der Waals surface area (Å²) in [7, 11) is 2.18. The van der Waals surface area contributed by atoms with Gasteiger partial charge in [0.05, 0.1) is 44.7 Å². The van der Waals surface area contributed by atoms with Gasteiger partial charge in [-0.25, -0.2) is 4.98 Å². The van der Waals surface area contributed by atoms with E-state index in [4.69, 9.17) is 13.8 Å². The molecular weight excluding hydrogens is 786 g/mol.